The van der Waals surface area contributed by atoms with Gasteiger partial charge in [0, 0.05) is 18.2 Å². The third kappa shape index (κ3) is 4.76. The zero-order valence-electron chi connectivity index (χ0n) is 13.9. The highest BCUT2D eigenvalue weighted by Gasteiger charge is 2.26. The molecule has 132 valence electrons. The lowest BCUT2D eigenvalue weighted by atomic mass is 10.0. The molecule has 0 aliphatic heterocycles. The van der Waals surface area contributed by atoms with Crippen molar-refractivity contribution >= 4 is 11.9 Å². The molecule has 0 unspecified atom stereocenters. The minimum atomic E-state index is -1.05. The molecule has 0 aromatic heterocycles. The van der Waals surface area contributed by atoms with Gasteiger partial charge in [-0.25, -0.2) is 8.78 Å². The first-order valence-electron chi connectivity index (χ1n) is 8.35. The van der Waals surface area contributed by atoms with Crippen molar-refractivity contribution in [2.45, 2.75) is 51.0 Å². The summed E-state index contributed by atoms with van der Waals surface area (Å²) in [4.78, 5) is 25.9. The van der Waals surface area contributed by atoms with Crippen LogP contribution in [0.3, 0.4) is 0 Å². The first-order chi connectivity index (χ1) is 11.5. The zero-order valence-corrected chi connectivity index (χ0v) is 13.9. The average molecular weight is 339 g/mol. The smallest absolute Gasteiger partial charge is 0.307 e. The highest BCUT2D eigenvalue weighted by Crippen LogP contribution is 2.24. The van der Waals surface area contributed by atoms with Gasteiger partial charge in [0.25, 0.3) is 5.91 Å². The minimum Gasteiger partial charge on any atom is -0.469 e. The van der Waals surface area contributed by atoms with Crippen LogP contribution < -0.4 is 0 Å². The summed E-state index contributed by atoms with van der Waals surface area (Å²) >= 11 is 0. The van der Waals surface area contributed by atoms with E-state index >= 15 is 0 Å². The molecule has 4 nitrogen and oxygen atoms in total. The van der Waals surface area contributed by atoms with Crippen molar-refractivity contribution in [1.29, 1.82) is 0 Å². The number of carbonyl (C=O) groups excluding carboxylic acids is 2. The summed E-state index contributed by atoms with van der Waals surface area (Å²) < 4.78 is 31.2. The molecule has 1 aromatic carbocycles. The average Bonchev–Trinajstić information content (AvgIpc) is 2.86. The summed E-state index contributed by atoms with van der Waals surface area (Å²) in [6, 6.07) is 3.16. The van der Waals surface area contributed by atoms with Crippen LogP contribution in [0.1, 0.15) is 55.3 Å². The SMILES string of the molecule is COC(=O)CCN(C(=O)c1ccc(F)c(F)c1)C1CCCCCC1. The van der Waals surface area contributed by atoms with E-state index in [-0.39, 0.29) is 30.5 Å². The van der Waals surface area contributed by atoms with Crippen LogP contribution in [0.25, 0.3) is 0 Å². The maximum absolute atomic E-state index is 13.5. The molecule has 1 aliphatic rings. The number of amides is 1. The maximum atomic E-state index is 13.5. The first-order valence-corrected chi connectivity index (χ1v) is 8.35. The largest absolute Gasteiger partial charge is 0.469 e. The van der Waals surface area contributed by atoms with E-state index in [9.17, 15) is 18.4 Å². The number of esters is 1. The summed E-state index contributed by atoms with van der Waals surface area (Å²) in [6.45, 7) is 0.217. The second-order valence-corrected chi connectivity index (χ2v) is 6.10. The fraction of sp³-hybridized carbons (Fsp3) is 0.556. The van der Waals surface area contributed by atoms with Gasteiger partial charge in [-0.1, -0.05) is 25.7 Å². The van der Waals surface area contributed by atoms with Gasteiger partial charge in [-0.2, -0.15) is 0 Å². The fourth-order valence-electron chi connectivity index (χ4n) is 3.13. The zero-order chi connectivity index (χ0) is 17.5. The molecule has 0 N–H and O–H groups in total. The van der Waals surface area contributed by atoms with E-state index in [1.54, 1.807) is 4.90 Å². The highest BCUT2D eigenvalue weighted by molar-refractivity contribution is 5.94. The van der Waals surface area contributed by atoms with Crippen LogP contribution in [0, 0.1) is 11.6 Å². The van der Waals surface area contributed by atoms with Gasteiger partial charge in [-0.15, -0.1) is 0 Å². The van der Waals surface area contributed by atoms with Crippen molar-refractivity contribution in [1.82, 2.24) is 4.90 Å². The third-order valence-corrected chi connectivity index (χ3v) is 4.48. The van der Waals surface area contributed by atoms with Crippen molar-refractivity contribution in [3.05, 3.63) is 35.4 Å². The van der Waals surface area contributed by atoms with Gasteiger partial charge in [0.2, 0.25) is 0 Å². The normalized spacial score (nSPS) is 15.6. The Morgan fingerprint density at radius 2 is 1.79 bits per heavy atom. The van der Waals surface area contributed by atoms with Crippen LogP contribution >= 0.6 is 0 Å². The molecule has 0 saturated heterocycles. The number of benzene rings is 1. The fourth-order valence-corrected chi connectivity index (χ4v) is 3.13. The number of rotatable bonds is 5. The lowest BCUT2D eigenvalue weighted by Crippen LogP contribution is -2.41. The highest BCUT2D eigenvalue weighted by atomic mass is 19.2. The van der Waals surface area contributed by atoms with Gasteiger partial charge < -0.3 is 9.64 Å². The van der Waals surface area contributed by atoms with Crippen LogP contribution in [0.5, 0.6) is 0 Å². The molecule has 1 aliphatic carbocycles. The van der Waals surface area contributed by atoms with Gasteiger partial charge in [0.1, 0.15) is 0 Å². The molecule has 1 aromatic rings. The van der Waals surface area contributed by atoms with Gasteiger partial charge in [-0.3, -0.25) is 9.59 Å². The van der Waals surface area contributed by atoms with Gasteiger partial charge in [0.15, 0.2) is 11.6 Å². The van der Waals surface area contributed by atoms with E-state index in [2.05, 4.69) is 4.74 Å². The second kappa shape index (κ2) is 8.76. The number of ether oxygens (including phenoxy) is 1. The third-order valence-electron chi connectivity index (χ3n) is 4.48. The summed E-state index contributed by atoms with van der Waals surface area (Å²) in [7, 11) is 1.30. The summed E-state index contributed by atoms with van der Waals surface area (Å²) in [5, 5.41) is 0. The van der Waals surface area contributed by atoms with E-state index < -0.39 is 17.6 Å². The molecule has 1 amide bonds. The summed E-state index contributed by atoms with van der Waals surface area (Å²) in [5.41, 5.74) is 0.100. The molecular formula is C18H23F2NO3. The molecule has 1 saturated carbocycles. The summed E-state index contributed by atoms with van der Waals surface area (Å²) in [5.74, 6) is -2.80. The predicted molar refractivity (Wildman–Crippen MR) is 85.5 cm³/mol. The molecule has 6 heteroatoms. The van der Waals surface area contributed by atoms with Crippen LogP contribution in [0.4, 0.5) is 8.78 Å². The maximum Gasteiger partial charge on any atom is 0.307 e. The Morgan fingerprint density at radius 3 is 2.38 bits per heavy atom. The molecular weight excluding hydrogens is 316 g/mol. The molecule has 1 fully saturated rings. The number of hydrogen-bond acceptors (Lipinski definition) is 3. The van der Waals surface area contributed by atoms with Crippen molar-refractivity contribution in [3.63, 3.8) is 0 Å². The Hall–Kier alpha value is -1.98. The van der Waals surface area contributed by atoms with Crippen molar-refractivity contribution < 1.29 is 23.1 Å². The number of hydrogen-bond donors (Lipinski definition) is 0. The Balaban J connectivity index is 2.20. The van der Waals surface area contributed by atoms with Gasteiger partial charge in [-0.05, 0) is 31.0 Å². The predicted octanol–water partition coefficient (Wildman–Crippen LogP) is 3.69. The monoisotopic (exact) mass is 339 g/mol. The van der Waals surface area contributed by atoms with E-state index in [1.165, 1.54) is 13.2 Å². The van der Waals surface area contributed by atoms with E-state index in [0.717, 1.165) is 50.7 Å². The molecule has 2 rings (SSSR count). The summed E-state index contributed by atoms with van der Waals surface area (Å²) in [6.07, 6.45) is 6.09. The van der Waals surface area contributed by atoms with E-state index in [1.807, 2.05) is 0 Å². The van der Waals surface area contributed by atoms with E-state index in [4.69, 9.17) is 0 Å². The molecule has 0 atom stereocenters. The van der Waals surface area contributed by atoms with Crippen LogP contribution in [0.15, 0.2) is 18.2 Å². The topological polar surface area (TPSA) is 46.6 Å². The van der Waals surface area contributed by atoms with E-state index in [0.29, 0.717) is 0 Å². The van der Waals surface area contributed by atoms with Crippen LogP contribution in [0.2, 0.25) is 0 Å². The van der Waals surface area contributed by atoms with Gasteiger partial charge >= 0.3 is 5.97 Å². The minimum absolute atomic E-state index is 0.0118. The van der Waals surface area contributed by atoms with Crippen molar-refractivity contribution in [2.24, 2.45) is 0 Å². The number of nitrogens with zero attached hydrogens (tertiary/aromatic N) is 1. The first kappa shape index (κ1) is 18.4. The standard InChI is InChI=1S/C18H23F2NO3/c1-24-17(22)10-11-21(14-6-4-2-3-5-7-14)18(23)13-8-9-15(19)16(20)12-13/h8-9,12,14H,2-7,10-11H2,1H3. The molecule has 0 radical (unpaired) electrons. The molecule has 0 heterocycles. The lowest BCUT2D eigenvalue weighted by molar-refractivity contribution is -0.140. The van der Waals surface area contributed by atoms with Crippen molar-refractivity contribution in [3.8, 4) is 0 Å². The Bertz CT molecular complexity index is 584. The molecule has 0 bridgehead atoms. The number of halogens is 2. The quantitative estimate of drug-likeness (QED) is 0.607. The van der Waals surface area contributed by atoms with Gasteiger partial charge in [0.05, 0.1) is 13.5 Å². The Kier molecular flexibility index (Phi) is 6.70. The number of carbonyl (C=O) groups is 2. The molecule has 24 heavy (non-hydrogen) atoms. The Morgan fingerprint density at radius 1 is 1.12 bits per heavy atom. The lowest BCUT2D eigenvalue weighted by Gasteiger charge is -2.31. The molecule has 0 spiro atoms. The van der Waals surface area contributed by atoms with Crippen LogP contribution in [-0.4, -0.2) is 36.5 Å². The van der Waals surface area contributed by atoms with Crippen LogP contribution in [-0.2, 0) is 9.53 Å². The van der Waals surface area contributed by atoms with Crippen molar-refractivity contribution in [2.75, 3.05) is 13.7 Å². The second-order valence-electron chi connectivity index (χ2n) is 6.10. The number of methoxy groups -OCH3 is 1. The Labute approximate surface area is 140 Å².